The molecule has 2 saturated heterocycles. The van der Waals surface area contributed by atoms with Gasteiger partial charge in [-0.1, -0.05) is 0 Å². The van der Waals surface area contributed by atoms with Crippen molar-refractivity contribution in [3.05, 3.63) is 18.2 Å². The van der Waals surface area contributed by atoms with Crippen molar-refractivity contribution in [1.29, 1.82) is 0 Å². The molecule has 2 N–H and O–H groups in total. The summed E-state index contributed by atoms with van der Waals surface area (Å²) in [5.41, 5.74) is 1.04. The zero-order chi connectivity index (χ0) is 20.0. The first-order valence-corrected chi connectivity index (χ1v) is 10.8. The minimum absolute atomic E-state index is 0.110. The summed E-state index contributed by atoms with van der Waals surface area (Å²) in [7, 11) is -2.24. The number of ether oxygens (including phenoxy) is 3. The highest BCUT2D eigenvalue weighted by molar-refractivity contribution is 7.89. The van der Waals surface area contributed by atoms with E-state index in [1.54, 1.807) is 12.1 Å². The van der Waals surface area contributed by atoms with E-state index >= 15 is 0 Å². The molecule has 0 aliphatic carbocycles. The molecule has 1 amide bonds. The predicted octanol–water partition coefficient (Wildman–Crippen LogP) is 0.883. The van der Waals surface area contributed by atoms with E-state index in [0.717, 1.165) is 19.4 Å². The maximum atomic E-state index is 12.9. The SMILES string of the molecule is COCC(=O)Nc1cc(S(=O)(=O)N2CCOCC2)ccc1NCC1CCCO1. The third kappa shape index (κ3) is 5.21. The van der Waals surface area contributed by atoms with Crippen molar-refractivity contribution in [2.24, 2.45) is 0 Å². The van der Waals surface area contributed by atoms with Crippen molar-refractivity contribution in [2.75, 3.05) is 63.8 Å². The molecule has 2 aliphatic rings. The van der Waals surface area contributed by atoms with Gasteiger partial charge in [-0.3, -0.25) is 4.79 Å². The highest BCUT2D eigenvalue weighted by atomic mass is 32.2. The van der Waals surface area contributed by atoms with E-state index in [9.17, 15) is 13.2 Å². The molecule has 9 nitrogen and oxygen atoms in total. The molecule has 2 aliphatic heterocycles. The molecule has 1 unspecified atom stereocenters. The number of amides is 1. The van der Waals surface area contributed by atoms with Crippen molar-refractivity contribution in [2.45, 2.75) is 23.8 Å². The second kappa shape index (κ2) is 9.66. The Morgan fingerprint density at radius 1 is 1.25 bits per heavy atom. The summed E-state index contributed by atoms with van der Waals surface area (Å²) in [5, 5.41) is 5.98. The Labute approximate surface area is 165 Å². The van der Waals surface area contributed by atoms with E-state index in [1.165, 1.54) is 17.5 Å². The van der Waals surface area contributed by atoms with Gasteiger partial charge in [0.1, 0.15) is 6.61 Å². The lowest BCUT2D eigenvalue weighted by atomic mass is 10.2. The fourth-order valence-corrected chi connectivity index (χ4v) is 4.66. The van der Waals surface area contributed by atoms with Gasteiger partial charge in [0.25, 0.3) is 0 Å². The van der Waals surface area contributed by atoms with Crippen molar-refractivity contribution in [3.8, 4) is 0 Å². The first-order chi connectivity index (χ1) is 13.5. The van der Waals surface area contributed by atoms with Gasteiger partial charge in [0, 0.05) is 33.4 Å². The summed E-state index contributed by atoms with van der Waals surface area (Å²) in [6, 6.07) is 4.70. The Morgan fingerprint density at radius 2 is 2.04 bits per heavy atom. The molecule has 1 atom stereocenters. The Kier molecular flexibility index (Phi) is 7.24. The van der Waals surface area contributed by atoms with Gasteiger partial charge in [0.05, 0.1) is 35.6 Å². The van der Waals surface area contributed by atoms with Crippen LogP contribution in [0.25, 0.3) is 0 Å². The van der Waals surface area contributed by atoms with Crippen LogP contribution in [0.3, 0.4) is 0 Å². The fourth-order valence-electron chi connectivity index (χ4n) is 3.22. The van der Waals surface area contributed by atoms with Crippen molar-refractivity contribution < 1.29 is 27.4 Å². The number of carbonyl (C=O) groups excluding carboxylic acids is 1. The van der Waals surface area contributed by atoms with Crippen LogP contribution in [0.15, 0.2) is 23.1 Å². The van der Waals surface area contributed by atoms with Gasteiger partial charge in [-0.2, -0.15) is 4.31 Å². The number of hydrogen-bond acceptors (Lipinski definition) is 7. The van der Waals surface area contributed by atoms with Crippen LogP contribution in [-0.2, 0) is 29.0 Å². The monoisotopic (exact) mass is 413 g/mol. The van der Waals surface area contributed by atoms with E-state index in [2.05, 4.69) is 10.6 Å². The lowest BCUT2D eigenvalue weighted by Crippen LogP contribution is -2.40. The molecule has 1 aromatic rings. The third-order valence-electron chi connectivity index (χ3n) is 4.69. The van der Waals surface area contributed by atoms with Crippen LogP contribution in [0, 0.1) is 0 Å². The van der Waals surface area contributed by atoms with Crippen LogP contribution < -0.4 is 10.6 Å². The standard InChI is InChI=1S/C18H27N3O6S/c1-25-13-18(22)20-17-11-15(28(23,24)21-6-9-26-10-7-21)4-5-16(17)19-12-14-3-2-8-27-14/h4-5,11,14,19H,2-3,6-10,12-13H2,1H3,(H,20,22). The summed E-state index contributed by atoms with van der Waals surface area (Å²) < 4.78 is 42.9. The number of nitrogens with one attached hydrogen (secondary N) is 2. The lowest BCUT2D eigenvalue weighted by molar-refractivity contribution is -0.119. The lowest BCUT2D eigenvalue weighted by Gasteiger charge is -2.26. The molecule has 0 radical (unpaired) electrons. The van der Waals surface area contributed by atoms with Crippen molar-refractivity contribution in [1.82, 2.24) is 4.31 Å². The van der Waals surface area contributed by atoms with Crippen LogP contribution in [0.5, 0.6) is 0 Å². The van der Waals surface area contributed by atoms with Gasteiger partial charge < -0.3 is 24.8 Å². The van der Waals surface area contributed by atoms with Crippen LogP contribution in [-0.4, -0.2) is 77.9 Å². The number of rotatable bonds is 8. The molecule has 156 valence electrons. The highest BCUT2D eigenvalue weighted by Crippen LogP contribution is 2.28. The molecule has 3 rings (SSSR count). The zero-order valence-corrected chi connectivity index (χ0v) is 16.8. The molecule has 0 aromatic heterocycles. The predicted molar refractivity (Wildman–Crippen MR) is 104 cm³/mol. The maximum absolute atomic E-state index is 12.9. The molecule has 2 fully saturated rings. The Hall–Kier alpha value is -1.72. The maximum Gasteiger partial charge on any atom is 0.250 e. The number of morpholine rings is 1. The van der Waals surface area contributed by atoms with Gasteiger partial charge in [0.15, 0.2) is 0 Å². The van der Waals surface area contributed by atoms with Crippen LogP contribution in [0.1, 0.15) is 12.8 Å². The summed E-state index contributed by atoms with van der Waals surface area (Å²) >= 11 is 0. The Balaban J connectivity index is 1.82. The minimum Gasteiger partial charge on any atom is -0.381 e. The number of anilines is 2. The van der Waals surface area contributed by atoms with Gasteiger partial charge >= 0.3 is 0 Å². The molecule has 10 heteroatoms. The topological polar surface area (TPSA) is 106 Å². The Morgan fingerprint density at radius 3 is 2.71 bits per heavy atom. The van der Waals surface area contributed by atoms with Crippen molar-refractivity contribution >= 4 is 27.3 Å². The van der Waals surface area contributed by atoms with Crippen LogP contribution >= 0.6 is 0 Å². The fraction of sp³-hybridized carbons (Fsp3) is 0.611. The number of hydrogen-bond donors (Lipinski definition) is 2. The molecule has 0 spiro atoms. The average molecular weight is 413 g/mol. The first-order valence-electron chi connectivity index (χ1n) is 9.37. The summed E-state index contributed by atoms with van der Waals surface area (Å²) in [5.74, 6) is -0.358. The smallest absolute Gasteiger partial charge is 0.250 e. The van der Waals surface area contributed by atoms with E-state index in [4.69, 9.17) is 14.2 Å². The number of sulfonamides is 1. The molecule has 1 aromatic carbocycles. The van der Waals surface area contributed by atoms with Gasteiger partial charge in [-0.15, -0.1) is 0 Å². The second-order valence-corrected chi connectivity index (χ2v) is 8.66. The highest BCUT2D eigenvalue weighted by Gasteiger charge is 2.27. The second-order valence-electron chi connectivity index (χ2n) is 6.72. The van der Waals surface area contributed by atoms with E-state index in [0.29, 0.717) is 44.2 Å². The molecule has 0 saturated carbocycles. The van der Waals surface area contributed by atoms with E-state index in [-0.39, 0.29) is 23.5 Å². The number of carbonyl (C=O) groups is 1. The van der Waals surface area contributed by atoms with Gasteiger partial charge in [-0.25, -0.2) is 8.42 Å². The molecular formula is C18H27N3O6S. The summed E-state index contributed by atoms with van der Waals surface area (Å²) in [4.78, 5) is 12.2. The first kappa shape index (κ1) is 21.0. The van der Waals surface area contributed by atoms with Gasteiger partial charge in [0.2, 0.25) is 15.9 Å². The Bertz CT molecular complexity index is 774. The largest absolute Gasteiger partial charge is 0.381 e. The molecule has 2 heterocycles. The summed E-state index contributed by atoms with van der Waals surface area (Å²) in [6.45, 7) is 2.59. The average Bonchev–Trinajstić information content (AvgIpc) is 3.21. The van der Waals surface area contributed by atoms with Crippen LogP contribution in [0.4, 0.5) is 11.4 Å². The zero-order valence-electron chi connectivity index (χ0n) is 16.0. The third-order valence-corrected chi connectivity index (χ3v) is 6.59. The van der Waals surface area contributed by atoms with Crippen molar-refractivity contribution in [3.63, 3.8) is 0 Å². The van der Waals surface area contributed by atoms with Gasteiger partial charge in [-0.05, 0) is 31.0 Å². The minimum atomic E-state index is -3.66. The number of benzene rings is 1. The van der Waals surface area contributed by atoms with E-state index in [1.807, 2.05) is 0 Å². The molecule has 0 bridgehead atoms. The number of nitrogens with zero attached hydrogens (tertiary/aromatic N) is 1. The molecular weight excluding hydrogens is 386 g/mol. The van der Waals surface area contributed by atoms with Crippen LogP contribution in [0.2, 0.25) is 0 Å². The quantitative estimate of drug-likeness (QED) is 0.652. The molecule has 28 heavy (non-hydrogen) atoms. The number of methoxy groups -OCH3 is 1. The van der Waals surface area contributed by atoms with E-state index < -0.39 is 10.0 Å². The summed E-state index contributed by atoms with van der Waals surface area (Å²) in [6.07, 6.45) is 2.11. The normalized spacial score (nSPS) is 20.8.